The van der Waals surface area contributed by atoms with Gasteiger partial charge in [-0.2, -0.15) is 0 Å². The summed E-state index contributed by atoms with van der Waals surface area (Å²) in [7, 11) is 0. The number of carbonyl (C=O) groups is 3. The monoisotopic (exact) mass is 534 g/mol. The number of hydrogen-bond acceptors (Lipinski definition) is 5. The lowest BCUT2D eigenvalue weighted by atomic mass is 10.2. The molecule has 0 fully saturated rings. The average molecular weight is 535 g/mol. The molecule has 0 aliphatic heterocycles. The predicted octanol–water partition coefficient (Wildman–Crippen LogP) is 4.31. The Hall–Kier alpha value is -2.98. The summed E-state index contributed by atoms with van der Waals surface area (Å²) in [5, 5.41) is 5.21. The van der Waals surface area contributed by atoms with E-state index in [0.29, 0.717) is 33.5 Å². The molecule has 2 aromatic rings. The second-order valence-corrected chi connectivity index (χ2v) is 8.72. The highest BCUT2D eigenvalue weighted by atomic mass is 79.9. The van der Waals surface area contributed by atoms with E-state index in [0.717, 1.165) is 12.8 Å². The van der Waals surface area contributed by atoms with Crippen LogP contribution in [0.5, 0.6) is 5.75 Å². The van der Waals surface area contributed by atoms with Crippen molar-refractivity contribution in [2.75, 3.05) is 5.32 Å². The minimum atomic E-state index is -0.484. The third kappa shape index (κ3) is 8.82. The molecule has 10 heteroatoms. The zero-order valence-electron chi connectivity index (χ0n) is 18.7. The third-order valence-corrected chi connectivity index (χ3v) is 4.95. The molecule has 2 aromatic carbocycles. The van der Waals surface area contributed by atoms with Gasteiger partial charge < -0.3 is 10.1 Å². The highest BCUT2D eigenvalue weighted by Crippen LogP contribution is 2.24. The number of thiocarbonyl (C=S) groups is 1. The summed E-state index contributed by atoms with van der Waals surface area (Å²) < 4.78 is 6.38. The zero-order chi connectivity index (χ0) is 24.4. The van der Waals surface area contributed by atoms with Gasteiger partial charge in [0.05, 0.1) is 11.7 Å². The van der Waals surface area contributed by atoms with Crippen LogP contribution in [0.15, 0.2) is 46.9 Å². The Bertz CT molecular complexity index is 1010. The van der Waals surface area contributed by atoms with Gasteiger partial charge >= 0.3 is 0 Å². The number of hydrazine groups is 1. The van der Waals surface area contributed by atoms with E-state index in [1.807, 2.05) is 20.8 Å². The van der Waals surface area contributed by atoms with Crippen molar-refractivity contribution >= 4 is 56.7 Å². The van der Waals surface area contributed by atoms with Crippen LogP contribution in [0, 0.1) is 0 Å². The van der Waals surface area contributed by atoms with Crippen molar-refractivity contribution in [3.05, 3.63) is 58.1 Å². The summed E-state index contributed by atoms with van der Waals surface area (Å²) in [6, 6.07) is 11.5. The van der Waals surface area contributed by atoms with E-state index in [2.05, 4.69) is 37.4 Å². The van der Waals surface area contributed by atoms with Crippen molar-refractivity contribution < 1.29 is 19.1 Å². The largest absolute Gasteiger partial charge is 0.490 e. The van der Waals surface area contributed by atoms with E-state index in [-0.39, 0.29) is 17.1 Å². The maximum absolute atomic E-state index is 12.6. The lowest BCUT2D eigenvalue weighted by molar-refractivity contribution is -0.116. The predicted molar refractivity (Wildman–Crippen MR) is 135 cm³/mol. The van der Waals surface area contributed by atoms with Gasteiger partial charge in [0.25, 0.3) is 11.8 Å². The maximum Gasteiger partial charge on any atom is 0.269 e. The number of anilines is 1. The first kappa shape index (κ1) is 26.3. The Balaban J connectivity index is 1.89. The van der Waals surface area contributed by atoms with Crippen LogP contribution in [0.4, 0.5) is 5.69 Å². The molecule has 0 bridgehead atoms. The summed E-state index contributed by atoms with van der Waals surface area (Å²) in [4.78, 5) is 36.8. The molecule has 33 heavy (non-hydrogen) atoms. The van der Waals surface area contributed by atoms with Crippen LogP contribution in [-0.2, 0) is 4.79 Å². The van der Waals surface area contributed by atoms with E-state index in [4.69, 9.17) is 17.0 Å². The van der Waals surface area contributed by atoms with Crippen LogP contribution >= 0.6 is 28.1 Å². The third-order valence-electron chi connectivity index (χ3n) is 4.25. The number of halogens is 1. The summed E-state index contributed by atoms with van der Waals surface area (Å²) in [5.74, 6) is -0.591. The molecule has 0 heterocycles. The van der Waals surface area contributed by atoms with Crippen LogP contribution < -0.4 is 26.2 Å². The number of rotatable bonds is 8. The van der Waals surface area contributed by atoms with Crippen LogP contribution in [0.3, 0.4) is 0 Å². The van der Waals surface area contributed by atoms with Gasteiger partial charge in [0.15, 0.2) is 5.11 Å². The minimum absolute atomic E-state index is 0.0656. The highest BCUT2D eigenvalue weighted by Gasteiger charge is 2.16. The molecule has 0 atom stereocenters. The fourth-order valence-corrected chi connectivity index (χ4v) is 3.19. The smallest absolute Gasteiger partial charge is 0.269 e. The number of nitrogens with one attached hydrogen (secondary N) is 4. The van der Waals surface area contributed by atoms with Crippen molar-refractivity contribution in [1.82, 2.24) is 16.2 Å². The first-order valence-electron chi connectivity index (χ1n) is 10.5. The van der Waals surface area contributed by atoms with E-state index < -0.39 is 11.8 Å². The van der Waals surface area contributed by atoms with Gasteiger partial charge in [0, 0.05) is 22.1 Å². The van der Waals surface area contributed by atoms with Gasteiger partial charge in [0.2, 0.25) is 5.91 Å². The lowest BCUT2D eigenvalue weighted by Crippen LogP contribution is -2.48. The first-order valence-corrected chi connectivity index (χ1v) is 11.7. The molecule has 0 aliphatic rings. The fraction of sp³-hybridized carbons (Fsp3) is 0.304. The summed E-state index contributed by atoms with van der Waals surface area (Å²) in [6.07, 6.45) is 2.11. The SMILES string of the molecule is CCCCC(=O)Nc1ccc(C(=O)NNC(=S)NC(=O)c2cc(Br)ccc2OC(C)C)cc1. The topological polar surface area (TPSA) is 109 Å². The average Bonchev–Trinajstić information content (AvgIpc) is 2.77. The molecule has 0 spiro atoms. The Morgan fingerprint density at radius 2 is 1.73 bits per heavy atom. The number of carbonyl (C=O) groups excluding carboxylic acids is 3. The van der Waals surface area contributed by atoms with Crippen LogP contribution in [-0.4, -0.2) is 28.9 Å². The molecule has 0 saturated heterocycles. The Morgan fingerprint density at radius 1 is 1.03 bits per heavy atom. The zero-order valence-corrected chi connectivity index (χ0v) is 21.1. The number of ether oxygens (including phenoxy) is 1. The van der Waals surface area contributed by atoms with E-state index in [9.17, 15) is 14.4 Å². The molecular weight excluding hydrogens is 508 g/mol. The fourth-order valence-electron chi connectivity index (χ4n) is 2.69. The van der Waals surface area contributed by atoms with E-state index in [1.54, 1.807) is 42.5 Å². The highest BCUT2D eigenvalue weighted by molar-refractivity contribution is 9.10. The molecule has 0 unspecified atom stereocenters. The molecular formula is C23H27BrN4O4S. The van der Waals surface area contributed by atoms with Crippen molar-refractivity contribution in [1.29, 1.82) is 0 Å². The molecule has 2 rings (SSSR count). The van der Waals surface area contributed by atoms with Gasteiger partial charge in [-0.3, -0.25) is 30.6 Å². The Morgan fingerprint density at radius 3 is 2.36 bits per heavy atom. The second-order valence-electron chi connectivity index (χ2n) is 7.40. The van der Waals surface area contributed by atoms with Crippen molar-refractivity contribution in [3.8, 4) is 5.75 Å². The van der Waals surface area contributed by atoms with Crippen molar-refractivity contribution in [3.63, 3.8) is 0 Å². The second kappa shape index (κ2) is 12.9. The van der Waals surface area contributed by atoms with Gasteiger partial charge in [-0.15, -0.1) is 0 Å². The Labute approximate surface area is 206 Å². The van der Waals surface area contributed by atoms with Gasteiger partial charge in [-0.05, 0) is 75.0 Å². The maximum atomic E-state index is 12.6. The Kier molecular flexibility index (Phi) is 10.3. The quantitative estimate of drug-likeness (QED) is 0.296. The van der Waals surface area contributed by atoms with Crippen LogP contribution in [0.1, 0.15) is 60.7 Å². The lowest BCUT2D eigenvalue weighted by Gasteiger charge is -2.15. The normalized spacial score (nSPS) is 10.3. The molecule has 0 aromatic heterocycles. The molecule has 0 saturated carbocycles. The molecule has 0 aliphatic carbocycles. The standard InChI is InChI=1S/C23H27BrN4O4S/c1-4-5-6-20(29)25-17-10-7-15(8-11-17)21(30)27-28-23(33)26-22(31)18-13-16(24)9-12-19(18)32-14(2)3/h7-14H,4-6H2,1-3H3,(H,25,29)(H,27,30)(H2,26,28,31,33). The van der Waals surface area contributed by atoms with Crippen molar-refractivity contribution in [2.24, 2.45) is 0 Å². The summed E-state index contributed by atoms with van der Waals surface area (Å²) in [5.41, 5.74) is 6.19. The minimum Gasteiger partial charge on any atom is -0.490 e. The molecule has 0 radical (unpaired) electrons. The van der Waals surface area contributed by atoms with Gasteiger partial charge in [0.1, 0.15) is 5.75 Å². The number of unbranched alkanes of at least 4 members (excludes halogenated alkanes) is 1. The summed E-state index contributed by atoms with van der Waals surface area (Å²) in [6.45, 7) is 5.74. The number of hydrogen-bond donors (Lipinski definition) is 4. The number of benzene rings is 2. The van der Waals surface area contributed by atoms with E-state index in [1.165, 1.54) is 0 Å². The van der Waals surface area contributed by atoms with Gasteiger partial charge in [-0.25, -0.2) is 0 Å². The van der Waals surface area contributed by atoms with E-state index >= 15 is 0 Å². The van der Waals surface area contributed by atoms with Crippen LogP contribution in [0.2, 0.25) is 0 Å². The van der Waals surface area contributed by atoms with Crippen molar-refractivity contribution in [2.45, 2.75) is 46.1 Å². The number of amides is 3. The molecule has 176 valence electrons. The summed E-state index contributed by atoms with van der Waals surface area (Å²) >= 11 is 8.45. The van der Waals surface area contributed by atoms with Gasteiger partial charge in [-0.1, -0.05) is 29.3 Å². The molecule has 8 nitrogen and oxygen atoms in total. The molecule has 4 N–H and O–H groups in total. The first-order chi connectivity index (χ1) is 15.7. The van der Waals surface area contributed by atoms with Crippen LogP contribution in [0.25, 0.3) is 0 Å². The molecule has 3 amide bonds.